The van der Waals surface area contributed by atoms with Crippen molar-refractivity contribution in [3.8, 4) is 0 Å². The molecule has 1 aliphatic rings. The van der Waals surface area contributed by atoms with Crippen molar-refractivity contribution in [1.29, 1.82) is 0 Å². The molecule has 2 rings (SSSR count). The van der Waals surface area contributed by atoms with E-state index in [-0.39, 0.29) is 5.91 Å². The molecule has 1 aliphatic heterocycles. The van der Waals surface area contributed by atoms with Crippen molar-refractivity contribution in [3.63, 3.8) is 0 Å². The van der Waals surface area contributed by atoms with Gasteiger partial charge >= 0.3 is 0 Å². The van der Waals surface area contributed by atoms with Crippen LogP contribution in [0.2, 0.25) is 0 Å². The Morgan fingerprint density at radius 3 is 2.87 bits per heavy atom. The fourth-order valence-electron chi connectivity index (χ4n) is 2.54. The van der Waals surface area contributed by atoms with Crippen LogP contribution < -0.4 is 11.1 Å². The van der Waals surface area contributed by atoms with Crippen molar-refractivity contribution in [2.45, 2.75) is 26.2 Å². The minimum atomic E-state index is -0.0618. The number of piperidine rings is 1. The van der Waals surface area contributed by atoms with E-state index in [0.717, 1.165) is 29.9 Å². The summed E-state index contributed by atoms with van der Waals surface area (Å²) in [5.74, 6) is 1.36. The molecule has 0 bridgehead atoms. The lowest BCUT2D eigenvalue weighted by atomic mass is 10.00. The summed E-state index contributed by atoms with van der Waals surface area (Å²) in [5, 5.41) is 2.90. The molecule has 5 nitrogen and oxygen atoms in total. The third-order valence-corrected chi connectivity index (χ3v) is 4.58. The maximum absolute atomic E-state index is 12.0. The molecule has 1 heterocycles. The number of rotatable bonds is 5. The summed E-state index contributed by atoms with van der Waals surface area (Å²) in [6, 6.07) is 7.36. The molecule has 0 saturated carbocycles. The van der Waals surface area contributed by atoms with Gasteiger partial charge in [0.2, 0.25) is 0 Å². The second-order valence-electron chi connectivity index (χ2n) is 6.03. The highest BCUT2D eigenvalue weighted by Crippen LogP contribution is 2.15. The highest BCUT2D eigenvalue weighted by molar-refractivity contribution is 9.10. The number of aliphatic imine (C=N–C) groups is 1. The first kappa shape index (κ1) is 17.8. The Morgan fingerprint density at radius 1 is 1.43 bits per heavy atom. The van der Waals surface area contributed by atoms with Gasteiger partial charge < -0.3 is 16.0 Å². The van der Waals surface area contributed by atoms with Crippen LogP contribution in [0.1, 0.15) is 36.5 Å². The van der Waals surface area contributed by atoms with Crippen molar-refractivity contribution in [2.24, 2.45) is 16.6 Å². The largest absolute Gasteiger partial charge is 0.370 e. The van der Waals surface area contributed by atoms with Gasteiger partial charge in [-0.25, -0.2) is 0 Å². The lowest BCUT2D eigenvalue weighted by molar-refractivity contribution is 0.0953. The molecule has 0 atom stereocenters. The summed E-state index contributed by atoms with van der Waals surface area (Å²) in [6.45, 7) is 5.50. The fraction of sp³-hybridized carbons (Fsp3) is 0.529. The zero-order valence-corrected chi connectivity index (χ0v) is 15.2. The molecule has 0 spiro atoms. The Kier molecular flexibility index (Phi) is 6.89. The number of guanidine groups is 1. The van der Waals surface area contributed by atoms with Gasteiger partial charge in [0.15, 0.2) is 5.96 Å². The molecule has 1 amide bonds. The lowest BCUT2D eigenvalue weighted by Crippen LogP contribution is -2.42. The molecule has 1 fully saturated rings. The van der Waals surface area contributed by atoms with Gasteiger partial charge in [0, 0.05) is 36.2 Å². The normalized spacial score (nSPS) is 16.4. The maximum Gasteiger partial charge on any atom is 0.251 e. The van der Waals surface area contributed by atoms with Gasteiger partial charge in [-0.05, 0) is 43.4 Å². The SMILES string of the molecule is CC1CCN(C(N)=NCCCNC(=O)c2cccc(Br)c2)CC1. The summed E-state index contributed by atoms with van der Waals surface area (Å²) < 4.78 is 0.901. The van der Waals surface area contributed by atoms with Crippen LogP contribution >= 0.6 is 15.9 Å². The van der Waals surface area contributed by atoms with Crippen LogP contribution in [0.3, 0.4) is 0 Å². The Balaban J connectivity index is 1.67. The number of carbonyl (C=O) groups excluding carboxylic acids is 1. The zero-order chi connectivity index (χ0) is 16.7. The number of carbonyl (C=O) groups is 1. The quantitative estimate of drug-likeness (QED) is 0.468. The molecular formula is C17H25BrN4O. The van der Waals surface area contributed by atoms with Crippen LogP contribution in [0.4, 0.5) is 0 Å². The van der Waals surface area contributed by atoms with Crippen LogP contribution in [0.15, 0.2) is 33.7 Å². The first-order valence-electron chi connectivity index (χ1n) is 8.15. The van der Waals surface area contributed by atoms with Gasteiger partial charge in [0.25, 0.3) is 5.91 Å². The maximum atomic E-state index is 12.0. The van der Waals surface area contributed by atoms with E-state index < -0.39 is 0 Å². The van der Waals surface area contributed by atoms with Gasteiger partial charge in [-0.3, -0.25) is 9.79 Å². The van der Waals surface area contributed by atoms with Crippen molar-refractivity contribution in [3.05, 3.63) is 34.3 Å². The van der Waals surface area contributed by atoms with Crippen LogP contribution in [-0.2, 0) is 0 Å². The standard InChI is InChI=1S/C17H25BrN4O/c1-13-6-10-22(11-7-13)17(19)21-9-3-8-20-16(23)14-4-2-5-15(18)12-14/h2,4-5,12-13H,3,6-11H2,1H3,(H2,19,21)(H,20,23). The Morgan fingerprint density at radius 2 is 2.17 bits per heavy atom. The van der Waals surface area contributed by atoms with Gasteiger partial charge in [-0.1, -0.05) is 28.9 Å². The first-order valence-corrected chi connectivity index (χ1v) is 8.94. The smallest absolute Gasteiger partial charge is 0.251 e. The van der Waals surface area contributed by atoms with Crippen LogP contribution in [-0.4, -0.2) is 42.9 Å². The molecule has 23 heavy (non-hydrogen) atoms. The average Bonchev–Trinajstić information content (AvgIpc) is 2.54. The second kappa shape index (κ2) is 8.91. The van der Waals surface area contributed by atoms with Crippen LogP contribution in [0.25, 0.3) is 0 Å². The number of likely N-dealkylation sites (tertiary alicyclic amines) is 1. The number of benzene rings is 1. The summed E-state index contributed by atoms with van der Waals surface area (Å²) in [5.41, 5.74) is 6.68. The third kappa shape index (κ3) is 5.86. The molecule has 6 heteroatoms. The van der Waals surface area contributed by atoms with Gasteiger partial charge in [0.05, 0.1) is 0 Å². The van der Waals surface area contributed by atoms with E-state index in [4.69, 9.17) is 5.73 Å². The molecule has 3 N–H and O–H groups in total. The van der Waals surface area contributed by atoms with Crippen molar-refractivity contribution < 1.29 is 4.79 Å². The number of amides is 1. The van der Waals surface area contributed by atoms with E-state index in [1.54, 1.807) is 6.07 Å². The summed E-state index contributed by atoms with van der Waals surface area (Å²) in [6.07, 6.45) is 3.14. The monoisotopic (exact) mass is 380 g/mol. The topological polar surface area (TPSA) is 70.7 Å². The molecular weight excluding hydrogens is 356 g/mol. The van der Waals surface area contributed by atoms with E-state index in [1.807, 2.05) is 18.2 Å². The van der Waals surface area contributed by atoms with E-state index >= 15 is 0 Å². The summed E-state index contributed by atoms with van der Waals surface area (Å²) >= 11 is 3.36. The minimum absolute atomic E-state index is 0.0618. The first-order chi connectivity index (χ1) is 11.1. The molecule has 0 unspecified atom stereocenters. The number of nitrogens with zero attached hydrogens (tertiary/aromatic N) is 2. The van der Waals surface area contributed by atoms with Crippen molar-refractivity contribution in [1.82, 2.24) is 10.2 Å². The number of halogens is 1. The molecule has 0 aromatic heterocycles. The summed E-state index contributed by atoms with van der Waals surface area (Å²) in [7, 11) is 0. The van der Waals surface area contributed by atoms with Gasteiger partial charge in [-0.2, -0.15) is 0 Å². The lowest BCUT2D eigenvalue weighted by Gasteiger charge is -2.31. The van der Waals surface area contributed by atoms with Crippen LogP contribution in [0, 0.1) is 5.92 Å². The van der Waals surface area contributed by atoms with E-state index in [9.17, 15) is 4.79 Å². The molecule has 0 radical (unpaired) electrons. The Labute approximate surface area is 146 Å². The number of hydrogen-bond acceptors (Lipinski definition) is 2. The van der Waals surface area contributed by atoms with E-state index in [1.165, 1.54) is 12.8 Å². The molecule has 126 valence electrons. The van der Waals surface area contributed by atoms with Crippen molar-refractivity contribution in [2.75, 3.05) is 26.2 Å². The van der Waals surface area contributed by atoms with Crippen molar-refractivity contribution >= 4 is 27.8 Å². The predicted octanol–water partition coefficient (Wildman–Crippen LogP) is 2.62. The van der Waals surface area contributed by atoms with Gasteiger partial charge in [-0.15, -0.1) is 0 Å². The highest BCUT2D eigenvalue weighted by Gasteiger charge is 2.16. The molecule has 1 aromatic carbocycles. The minimum Gasteiger partial charge on any atom is -0.370 e. The fourth-order valence-corrected chi connectivity index (χ4v) is 2.94. The average molecular weight is 381 g/mol. The summed E-state index contributed by atoms with van der Waals surface area (Å²) in [4.78, 5) is 18.5. The number of nitrogens with one attached hydrogen (secondary N) is 1. The van der Waals surface area contributed by atoms with E-state index in [0.29, 0.717) is 24.6 Å². The third-order valence-electron chi connectivity index (χ3n) is 4.09. The molecule has 0 aliphatic carbocycles. The van der Waals surface area contributed by atoms with E-state index in [2.05, 4.69) is 38.1 Å². The second-order valence-corrected chi connectivity index (χ2v) is 6.94. The Hall–Kier alpha value is -1.56. The Bertz CT molecular complexity index is 553. The molecule has 1 saturated heterocycles. The number of hydrogen-bond donors (Lipinski definition) is 2. The highest BCUT2D eigenvalue weighted by atomic mass is 79.9. The van der Waals surface area contributed by atoms with Crippen LogP contribution in [0.5, 0.6) is 0 Å². The molecule has 1 aromatic rings. The number of nitrogens with two attached hydrogens (primary N) is 1. The van der Waals surface area contributed by atoms with Gasteiger partial charge in [0.1, 0.15) is 0 Å². The zero-order valence-electron chi connectivity index (χ0n) is 13.6. The predicted molar refractivity (Wildman–Crippen MR) is 97.6 cm³/mol.